The van der Waals surface area contributed by atoms with Gasteiger partial charge in [0.25, 0.3) is 0 Å². The van der Waals surface area contributed by atoms with Crippen molar-refractivity contribution in [1.29, 1.82) is 5.26 Å². The van der Waals surface area contributed by atoms with Crippen molar-refractivity contribution in [2.24, 2.45) is 5.92 Å². The largest absolute Gasteiger partial charge is 0.385 e. The second-order valence-corrected chi connectivity index (χ2v) is 6.76. The van der Waals surface area contributed by atoms with Crippen molar-refractivity contribution in [2.45, 2.75) is 36.9 Å². The monoisotopic (exact) mass is 289 g/mol. The second kappa shape index (κ2) is 8.34. The molecular weight excluding hydrogens is 266 g/mol. The van der Waals surface area contributed by atoms with Crippen molar-refractivity contribution in [2.75, 3.05) is 19.5 Å². The Morgan fingerprint density at radius 3 is 2.80 bits per heavy atom. The molecule has 0 heterocycles. The molecule has 0 bridgehead atoms. The average Bonchev–Trinajstić information content (AvgIpc) is 2.52. The summed E-state index contributed by atoms with van der Waals surface area (Å²) in [5.74, 6) is 1.95. The van der Waals surface area contributed by atoms with Crippen molar-refractivity contribution in [3.8, 4) is 6.07 Å². The molecule has 0 saturated heterocycles. The van der Waals surface area contributed by atoms with Crippen molar-refractivity contribution in [3.05, 3.63) is 35.9 Å². The quantitative estimate of drug-likeness (QED) is 0.735. The van der Waals surface area contributed by atoms with Gasteiger partial charge in [-0.25, -0.2) is 0 Å². The van der Waals surface area contributed by atoms with Gasteiger partial charge in [-0.3, -0.25) is 0 Å². The van der Waals surface area contributed by atoms with Crippen LogP contribution in [0.2, 0.25) is 0 Å². The van der Waals surface area contributed by atoms with Gasteiger partial charge in [0.05, 0.1) is 12.0 Å². The van der Waals surface area contributed by atoms with E-state index in [4.69, 9.17) is 4.74 Å². The third-order valence-electron chi connectivity index (χ3n) is 4.05. The van der Waals surface area contributed by atoms with Crippen LogP contribution in [0.4, 0.5) is 0 Å². The van der Waals surface area contributed by atoms with Crippen molar-refractivity contribution in [1.82, 2.24) is 0 Å². The van der Waals surface area contributed by atoms with Crippen LogP contribution >= 0.6 is 11.8 Å². The Morgan fingerprint density at radius 1 is 1.30 bits per heavy atom. The van der Waals surface area contributed by atoms with E-state index in [0.717, 1.165) is 38.0 Å². The first-order valence-corrected chi connectivity index (χ1v) is 8.45. The number of ether oxygens (including phenoxy) is 1. The fraction of sp³-hybridized carbons (Fsp3) is 0.588. The van der Waals surface area contributed by atoms with Gasteiger partial charge in [-0.05, 0) is 42.9 Å². The Hall–Kier alpha value is -0.980. The van der Waals surface area contributed by atoms with Gasteiger partial charge in [0, 0.05) is 19.0 Å². The fourth-order valence-electron chi connectivity index (χ4n) is 2.93. The third kappa shape index (κ3) is 4.26. The van der Waals surface area contributed by atoms with E-state index >= 15 is 0 Å². The number of methoxy groups -OCH3 is 1. The lowest BCUT2D eigenvalue weighted by Gasteiger charge is -2.32. The summed E-state index contributed by atoms with van der Waals surface area (Å²) in [5.41, 5.74) is 1.44. The molecule has 2 rings (SSSR count). The van der Waals surface area contributed by atoms with Crippen molar-refractivity contribution < 1.29 is 4.74 Å². The second-order valence-electron chi connectivity index (χ2n) is 5.41. The SMILES string of the molecule is COCCCSC1CC(c2ccccc2)CCC1C#N. The Balaban J connectivity index is 1.92. The molecular formula is C17H23NOS. The molecule has 1 aromatic rings. The summed E-state index contributed by atoms with van der Waals surface area (Å²) in [7, 11) is 1.74. The summed E-state index contributed by atoms with van der Waals surface area (Å²) < 4.78 is 5.10. The number of thioether (sulfide) groups is 1. The smallest absolute Gasteiger partial charge is 0.0667 e. The maximum absolute atomic E-state index is 9.33. The zero-order valence-corrected chi connectivity index (χ0v) is 12.9. The van der Waals surface area contributed by atoms with Crippen molar-refractivity contribution >= 4 is 11.8 Å². The van der Waals surface area contributed by atoms with E-state index in [-0.39, 0.29) is 5.92 Å². The van der Waals surface area contributed by atoms with Crippen LogP contribution in [0.1, 0.15) is 37.2 Å². The highest BCUT2D eigenvalue weighted by Gasteiger charge is 2.31. The van der Waals surface area contributed by atoms with Gasteiger partial charge in [-0.2, -0.15) is 17.0 Å². The Kier molecular flexibility index (Phi) is 6.42. The number of rotatable bonds is 6. The highest BCUT2D eigenvalue weighted by Crippen LogP contribution is 2.41. The van der Waals surface area contributed by atoms with E-state index in [0.29, 0.717) is 11.2 Å². The van der Waals surface area contributed by atoms with Gasteiger partial charge in [0.15, 0.2) is 0 Å². The average molecular weight is 289 g/mol. The molecule has 0 aliphatic heterocycles. The predicted molar refractivity (Wildman–Crippen MR) is 84.9 cm³/mol. The first kappa shape index (κ1) is 15.4. The van der Waals surface area contributed by atoms with E-state index in [1.807, 2.05) is 11.8 Å². The topological polar surface area (TPSA) is 33.0 Å². The van der Waals surface area contributed by atoms with Crippen LogP contribution < -0.4 is 0 Å². The number of nitrogens with zero attached hydrogens (tertiary/aromatic N) is 1. The number of benzene rings is 1. The number of hydrogen-bond acceptors (Lipinski definition) is 3. The molecule has 0 amide bonds. The first-order valence-electron chi connectivity index (χ1n) is 7.40. The molecule has 2 nitrogen and oxygen atoms in total. The van der Waals surface area contributed by atoms with E-state index < -0.39 is 0 Å². The Bertz CT molecular complexity index is 428. The summed E-state index contributed by atoms with van der Waals surface area (Å²) in [4.78, 5) is 0. The van der Waals surface area contributed by atoms with Gasteiger partial charge in [-0.15, -0.1) is 0 Å². The zero-order valence-electron chi connectivity index (χ0n) is 12.1. The zero-order chi connectivity index (χ0) is 14.2. The van der Waals surface area contributed by atoms with Crippen LogP contribution in [-0.2, 0) is 4.74 Å². The van der Waals surface area contributed by atoms with Gasteiger partial charge in [0.2, 0.25) is 0 Å². The molecule has 3 unspecified atom stereocenters. The summed E-state index contributed by atoms with van der Waals surface area (Å²) in [5, 5.41) is 9.82. The molecule has 108 valence electrons. The Labute approximate surface area is 126 Å². The molecule has 1 aliphatic carbocycles. The minimum atomic E-state index is 0.225. The minimum Gasteiger partial charge on any atom is -0.385 e. The van der Waals surface area contributed by atoms with Crippen LogP contribution in [0.15, 0.2) is 30.3 Å². The molecule has 0 aromatic heterocycles. The van der Waals surface area contributed by atoms with E-state index in [1.165, 1.54) is 5.56 Å². The molecule has 20 heavy (non-hydrogen) atoms. The summed E-state index contributed by atoms with van der Waals surface area (Å²) in [6, 6.07) is 13.3. The van der Waals surface area contributed by atoms with Crippen LogP contribution in [0.3, 0.4) is 0 Å². The minimum absolute atomic E-state index is 0.225. The molecule has 3 atom stereocenters. The number of hydrogen-bond donors (Lipinski definition) is 0. The van der Waals surface area contributed by atoms with Crippen LogP contribution in [0.25, 0.3) is 0 Å². The molecule has 0 spiro atoms. The van der Waals surface area contributed by atoms with Crippen LogP contribution in [0.5, 0.6) is 0 Å². The first-order chi connectivity index (χ1) is 9.85. The van der Waals surface area contributed by atoms with Gasteiger partial charge < -0.3 is 4.74 Å². The van der Waals surface area contributed by atoms with Gasteiger partial charge in [-0.1, -0.05) is 30.3 Å². The normalized spacial score (nSPS) is 26.1. The van der Waals surface area contributed by atoms with Gasteiger partial charge in [0.1, 0.15) is 0 Å². The standard InChI is InChI=1S/C17H23NOS/c1-19-10-5-11-20-17-12-15(8-9-16(17)13-18)14-6-3-2-4-7-14/h2-4,6-7,15-17H,5,8-12H2,1H3. The molecule has 1 fully saturated rings. The Morgan fingerprint density at radius 2 is 2.10 bits per heavy atom. The highest BCUT2D eigenvalue weighted by atomic mass is 32.2. The lowest BCUT2D eigenvalue weighted by molar-refractivity contribution is 0.200. The summed E-state index contributed by atoms with van der Waals surface area (Å²) in [6.45, 7) is 0.819. The van der Waals surface area contributed by atoms with Crippen LogP contribution in [0, 0.1) is 17.2 Å². The summed E-state index contributed by atoms with van der Waals surface area (Å²) in [6.07, 6.45) is 4.40. The maximum atomic E-state index is 9.33. The van der Waals surface area contributed by atoms with Crippen LogP contribution in [-0.4, -0.2) is 24.7 Å². The molecule has 1 aromatic carbocycles. The van der Waals surface area contributed by atoms with E-state index in [9.17, 15) is 5.26 Å². The molecule has 3 heteroatoms. The van der Waals surface area contributed by atoms with Gasteiger partial charge >= 0.3 is 0 Å². The number of nitriles is 1. The van der Waals surface area contributed by atoms with Crippen molar-refractivity contribution in [3.63, 3.8) is 0 Å². The maximum Gasteiger partial charge on any atom is 0.0667 e. The lowest BCUT2D eigenvalue weighted by atomic mass is 9.79. The molecule has 0 radical (unpaired) electrons. The lowest BCUT2D eigenvalue weighted by Crippen LogP contribution is -2.25. The van der Waals surface area contributed by atoms with E-state index in [2.05, 4.69) is 36.4 Å². The fourth-order valence-corrected chi connectivity index (χ4v) is 4.31. The summed E-state index contributed by atoms with van der Waals surface area (Å²) >= 11 is 1.97. The highest BCUT2D eigenvalue weighted by molar-refractivity contribution is 7.99. The third-order valence-corrected chi connectivity index (χ3v) is 5.53. The molecule has 1 aliphatic rings. The molecule has 1 saturated carbocycles. The predicted octanol–water partition coefficient (Wildman–Crippen LogP) is 4.23. The van der Waals surface area contributed by atoms with E-state index in [1.54, 1.807) is 7.11 Å². The molecule has 0 N–H and O–H groups in total.